The number of benzene rings is 2. The van der Waals surface area contributed by atoms with Crippen LogP contribution in [-0.2, 0) is 0 Å². The number of aryl methyl sites for hydroxylation is 1. The quantitative estimate of drug-likeness (QED) is 0.815. The van der Waals surface area contributed by atoms with Gasteiger partial charge in [-0.1, -0.05) is 44.2 Å². The van der Waals surface area contributed by atoms with E-state index in [0.717, 1.165) is 16.8 Å². The molecule has 0 atom stereocenters. The number of anilines is 1. The van der Waals surface area contributed by atoms with E-state index in [-0.39, 0.29) is 11.8 Å². The molecule has 2 aromatic carbocycles. The van der Waals surface area contributed by atoms with Gasteiger partial charge in [-0.15, -0.1) is 0 Å². The molecule has 0 radical (unpaired) electrons. The van der Waals surface area contributed by atoms with Crippen LogP contribution in [0.5, 0.6) is 0 Å². The maximum Gasteiger partial charge on any atom is 0.323 e. The van der Waals surface area contributed by atoms with E-state index in [1.807, 2.05) is 25.1 Å². The maximum absolute atomic E-state index is 13.1. The Morgan fingerprint density at radius 1 is 1.17 bits per heavy atom. The molecule has 4 heteroatoms. The first kappa shape index (κ1) is 16.7. The summed E-state index contributed by atoms with van der Waals surface area (Å²) < 4.78 is 13.1. The lowest BCUT2D eigenvalue weighted by Crippen LogP contribution is -2.25. The Morgan fingerprint density at radius 2 is 1.91 bits per heavy atom. The van der Waals surface area contributed by atoms with Crippen LogP contribution < -0.4 is 10.6 Å². The zero-order valence-corrected chi connectivity index (χ0v) is 13.6. The summed E-state index contributed by atoms with van der Waals surface area (Å²) in [6.07, 6.45) is 3.14. The Morgan fingerprint density at radius 3 is 2.61 bits per heavy atom. The minimum atomic E-state index is -0.325. The predicted molar refractivity (Wildman–Crippen MR) is 92.9 cm³/mol. The standard InChI is InChI=1S/C19H21FN2O/c1-13(2)17-9-4-6-14(3)18(17)22-19(23)21-11-10-15-7-5-8-16(20)12-15/h4-13H,1-3H3,(H2,21,22,23)/b11-10+. The summed E-state index contributed by atoms with van der Waals surface area (Å²) in [6, 6.07) is 11.8. The molecule has 120 valence electrons. The number of para-hydroxylation sites is 1. The number of carbonyl (C=O) groups excluding carboxylic acids is 1. The monoisotopic (exact) mass is 312 g/mol. The smallest absolute Gasteiger partial charge is 0.314 e. The van der Waals surface area contributed by atoms with Gasteiger partial charge in [0.25, 0.3) is 0 Å². The number of halogens is 1. The maximum atomic E-state index is 13.1. The van der Waals surface area contributed by atoms with E-state index in [4.69, 9.17) is 0 Å². The van der Waals surface area contributed by atoms with Crippen LogP contribution in [0.3, 0.4) is 0 Å². The first-order valence-corrected chi connectivity index (χ1v) is 7.56. The third-order valence-corrected chi connectivity index (χ3v) is 3.50. The fourth-order valence-corrected chi connectivity index (χ4v) is 2.32. The molecule has 0 aromatic heterocycles. The van der Waals surface area contributed by atoms with Gasteiger partial charge < -0.3 is 10.6 Å². The van der Waals surface area contributed by atoms with Gasteiger partial charge >= 0.3 is 6.03 Å². The molecule has 3 nitrogen and oxygen atoms in total. The lowest BCUT2D eigenvalue weighted by atomic mass is 9.98. The molecular formula is C19H21FN2O. The molecule has 0 heterocycles. The second-order valence-corrected chi connectivity index (χ2v) is 5.68. The summed E-state index contributed by atoms with van der Waals surface area (Å²) in [5.74, 6) is 0.00567. The molecule has 0 unspecified atom stereocenters. The summed E-state index contributed by atoms with van der Waals surface area (Å²) in [6.45, 7) is 6.13. The van der Waals surface area contributed by atoms with Gasteiger partial charge in [-0.25, -0.2) is 9.18 Å². The Kier molecular flexibility index (Phi) is 5.52. The molecule has 0 aliphatic heterocycles. The van der Waals surface area contributed by atoms with E-state index in [2.05, 4.69) is 24.5 Å². The van der Waals surface area contributed by atoms with Gasteiger partial charge in [0, 0.05) is 11.9 Å². The molecule has 23 heavy (non-hydrogen) atoms. The van der Waals surface area contributed by atoms with Crippen LogP contribution >= 0.6 is 0 Å². The van der Waals surface area contributed by atoms with Crippen LogP contribution in [0.25, 0.3) is 6.08 Å². The van der Waals surface area contributed by atoms with Crippen molar-refractivity contribution in [2.24, 2.45) is 0 Å². The number of hydrogen-bond donors (Lipinski definition) is 2. The Hall–Kier alpha value is -2.62. The van der Waals surface area contributed by atoms with Crippen LogP contribution in [0.4, 0.5) is 14.9 Å². The molecule has 0 saturated carbocycles. The molecule has 2 N–H and O–H groups in total. The van der Waals surface area contributed by atoms with Crippen LogP contribution in [-0.4, -0.2) is 6.03 Å². The third kappa shape index (κ3) is 4.68. The van der Waals surface area contributed by atoms with Crippen molar-refractivity contribution < 1.29 is 9.18 Å². The Bertz CT molecular complexity index is 723. The van der Waals surface area contributed by atoms with Gasteiger partial charge in [0.05, 0.1) is 0 Å². The number of urea groups is 1. The highest BCUT2D eigenvalue weighted by Gasteiger charge is 2.11. The van der Waals surface area contributed by atoms with Gasteiger partial charge in [0.1, 0.15) is 5.82 Å². The number of amides is 2. The van der Waals surface area contributed by atoms with E-state index < -0.39 is 0 Å². The van der Waals surface area contributed by atoms with Crippen LogP contribution in [0.1, 0.15) is 36.5 Å². The topological polar surface area (TPSA) is 41.1 Å². The highest BCUT2D eigenvalue weighted by Crippen LogP contribution is 2.27. The molecule has 2 aromatic rings. The van der Waals surface area contributed by atoms with Gasteiger partial charge in [-0.2, -0.15) is 0 Å². The molecule has 2 amide bonds. The normalized spacial score (nSPS) is 11.0. The second-order valence-electron chi connectivity index (χ2n) is 5.68. The van der Waals surface area contributed by atoms with E-state index in [1.165, 1.54) is 18.3 Å². The van der Waals surface area contributed by atoms with Crippen LogP contribution in [0, 0.1) is 12.7 Å². The minimum Gasteiger partial charge on any atom is -0.314 e. The average Bonchev–Trinajstić information content (AvgIpc) is 2.49. The van der Waals surface area contributed by atoms with Crippen molar-refractivity contribution >= 4 is 17.8 Å². The summed E-state index contributed by atoms with van der Waals surface area (Å²) in [4.78, 5) is 12.0. The van der Waals surface area contributed by atoms with Gasteiger partial charge in [0.2, 0.25) is 0 Å². The molecule has 2 rings (SSSR count). The Balaban J connectivity index is 2.03. The lowest BCUT2D eigenvalue weighted by molar-refractivity contribution is 0.255. The van der Waals surface area contributed by atoms with E-state index in [9.17, 15) is 9.18 Å². The highest BCUT2D eigenvalue weighted by molar-refractivity contribution is 5.92. The van der Waals surface area contributed by atoms with Gasteiger partial charge in [0.15, 0.2) is 0 Å². The number of carbonyl (C=O) groups is 1. The SMILES string of the molecule is Cc1cccc(C(C)C)c1NC(=O)N/C=C/c1cccc(F)c1. The second kappa shape index (κ2) is 7.58. The number of hydrogen-bond acceptors (Lipinski definition) is 1. The largest absolute Gasteiger partial charge is 0.323 e. The van der Waals surface area contributed by atoms with E-state index in [0.29, 0.717) is 11.5 Å². The molecule has 0 aliphatic rings. The lowest BCUT2D eigenvalue weighted by Gasteiger charge is -2.16. The molecular weight excluding hydrogens is 291 g/mol. The molecule has 0 aliphatic carbocycles. The van der Waals surface area contributed by atoms with Gasteiger partial charge in [-0.3, -0.25) is 0 Å². The van der Waals surface area contributed by atoms with Crippen molar-refractivity contribution in [2.75, 3.05) is 5.32 Å². The third-order valence-electron chi connectivity index (χ3n) is 3.50. The van der Waals surface area contributed by atoms with Crippen molar-refractivity contribution in [1.82, 2.24) is 5.32 Å². The van der Waals surface area contributed by atoms with E-state index in [1.54, 1.807) is 18.2 Å². The summed E-state index contributed by atoms with van der Waals surface area (Å²) in [5.41, 5.74) is 3.62. The van der Waals surface area contributed by atoms with Crippen LogP contribution in [0.2, 0.25) is 0 Å². The first-order chi connectivity index (χ1) is 11.0. The van der Waals surface area contributed by atoms with Crippen molar-refractivity contribution in [3.63, 3.8) is 0 Å². The molecule has 0 bridgehead atoms. The number of nitrogens with one attached hydrogen (secondary N) is 2. The Labute approximate surface area is 136 Å². The summed E-state index contributed by atoms with van der Waals surface area (Å²) in [5, 5.41) is 5.52. The molecule has 0 spiro atoms. The average molecular weight is 312 g/mol. The zero-order valence-electron chi connectivity index (χ0n) is 13.6. The van der Waals surface area contributed by atoms with E-state index >= 15 is 0 Å². The summed E-state index contributed by atoms with van der Waals surface area (Å²) in [7, 11) is 0. The fourth-order valence-electron chi connectivity index (χ4n) is 2.32. The molecule has 0 saturated heterocycles. The fraction of sp³-hybridized carbons (Fsp3) is 0.211. The van der Waals surface area contributed by atoms with Crippen molar-refractivity contribution in [3.05, 3.63) is 71.2 Å². The highest BCUT2D eigenvalue weighted by atomic mass is 19.1. The first-order valence-electron chi connectivity index (χ1n) is 7.56. The van der Waals surface area contributed by atoms with Crippen molar-refractivity contribution in [3.8, 4) is 0 Å². The minimum absolute atomic E-state index is 0.307. The van der Waals surface area contributed by atoms with Crippen LogP contribution in [0.15, 0.2) is 48.7 Å². The van der Waals surface area contributed by atoms with Crippen molar-refractivity contribution in [1.29, 1.82) is 0 Å². The molecule has 0 fully saturated rings. The number of rotatable bonds is 4. The predicted octanol–water partition coefficient (Wildman–Crippen LogP) is 5.05. The zero-order chi connectivity index (χ0) is 16.8. The van der Waals surface area contributed by atoms with Gasteiger partial charge in [-0.05, 0) is 47.7 Å². The van der Waals surface area contributed by atoms with Crippen molar-refractivity contribution in [2.45, 2.75) is 26.7 Å². The summed E-state index contributed by atoms with van der Waals surface area (Å²) >= 11 is 0.